The van der Waals surface area contributed by atoms with Crippen molar-refractivity contribution in [3.8, 4) is 0 Å². The maximum Gasteiger partial charge on any atom is 0.242 e. The average molecular weight is 392 g/mol. The Labute approximate surface area is 172 Å². The normalized spacial score (nSPS) is 15.8. The molecule has 0 bridgehead atoms. The van der Waals surface area contributed by atoms with Gasteiger partial charge < -0.3 is 10.6 Å². The van der Waals surface area contributed by atoms with Crippen molar-refractivity contribution >= 4 is 17.5 Å². The average Bonchev–Trinajstić information content (AvgIpc) is 2.75. The molecule has 0 radical (unpaired) electrons. The monoisotopic (exact) mass is 391 g/mol. The number of aryl methyl sites for hydroxylation is 1. The first-order chi connectivity index (χ1) is 14.1. The van der Waals surface area contributed by atoms with Crippen molar-refractivity contribution < 1.29 is 9.59 Å². The molecule has 5 heteroatoms. The lowest BCUT2D eigenvalue weighted by molar-refractivity contribution is -0.132. The fourth-order valence-electron chi connectivity index (χ4n) is 3.72. The van der Waals surface area contributed by atoms with E-state index in [0.717, 1.165) is 48.3 Å². The van der Waals surface area contributed by atoms with Crippen molar-refractivity contribution in [1.82, 2.24) is 4.90 Å². The molecule has 1 heterocycles. The van der Waals surface area contributed by atoms with E-state index in [0.29, 0.717) is 6.42 Å². The molecule has 152 valence electrons. The lowest BCUT2D eigenvalue weighted by atomic mass is 9.97. The summed E-state index contributed by atoms with van der Waals surface area (Å²) in [6, 6.07) is 17.0. The number of hydrogen-bond acceptors (Lipinski definition) is 3. The van der Waals surface area contributed by atoms with Crippen LogP contribution in [0, 0.1) is 6.92 Å². The maximum atomic E-state index is 12.5. The number of primary amides is 1. The summed E-state index contributed by atoms with van der Waals surface area (Å²) in [6.07, 6.45) is 3.89. The Kier molecular flexibility index (Phi) is 7.17. The number of nitrogens with zero attached hydrogens (tertiary/aromatic N) is 2. The molecule has 5 nitrogen and oxygen atoms in total. The van der Waals surface area contributed by atoms with Gasteiger partial charge in [-0.2, -0.15) is 0 Å². The Hall–Kier alpha value is -2.95. The molecule has 1 aliphatic rings. The van der Waals surface area contributed by atoms with Gasteiger partial charge in [-0.3, -0.25) is 14.6 Å². The summed E-state index contributed by atoms with van der Waals surface area (Å²) in [4.78, 5) is 31.4. The van der Waals surface area contributed by atoms with E-state index in [9.17, 15) is 9.59 Å². The second-order valence-corrected chi connectivity index (χ2v) is 7.56. The molecule has 0 saturated carbocycles. The van der Waals surface area contributed by atoms with Crippen LogP contribution in [0.5, 0.6) is 0 Å². The quantitative estimate of drug-likeness (QED) is 0.734. The molecule has 1 unspecified atom stereocenters. The summed E-state index contributed by atoms with van der Waals surface area (Å²) in [5, 5.41) is 0. The number of carbonyl (C=O) groups is 2. The number of rotatable bonds is 7. The van der Waals surface area contributed by atoms with Crippen LogP contribution < -0.4 is 5.73 Å². The highest BCUT2D eigenvalue weighted by atomic mass is 16.2. The van der Waals surface area contributed by atoms with Crippen molar-refractivity contribution in [2.45, 2.75) is 45.1 Å². The molecule has 2 aromatic carbocycles. The van der Waals surface area contributed by atoms with Gasteiger partial charge in [-0.25, -0.2) is 0 Å². The van der Waals surface area contributed by atoms with Gasteiger partial charge in [0.1, 0.15) is 6.04 Å². The minimum Gasteiger partial charge on any atom is -0.368 e. The van der Waals surface area contributed by atoms with Crippen molar-refractivity contribution in [1.29, 1.82) is 0 Å². The van der Waals surface area contributed by atoms with Crippen LogP contribution in [0.3, 0.4) is 0 Å². The highest BCUT2D eigenvalue weighted by molar-refractivity contribution is 6.14. The minimum absolute atomic E-state index is 0.0864. The molecule has 2 N–H and O–H groups in total. The lowest BCUT2D eigenvalue weighted by Gasteiger charge is -2.27. The standard InChI is InChI=1S/C24H29N3O2/c1-18-10-6-7-13-20(18)23(19-11-4-2-5-12-19)26-21(24(25)29)14-15-22(28)27-16-8-3-9-17-27/h2,4-7,10-13,21H,3,8-9,14-17H2,1H3,(H2,25,29). The number of benzene rings is 2. The third-order valence-electron chi connectivity index (χ3n) is 5.40. The van der Waals surface area contributed by atoms with Gasteiger partial charge in [-0.05, 0) is 38.2 Å². The van der Waals surface area contributed by atoms with E-state index in [2.05, 4.69) is 0 Å². The van der Waals surface area contributed by atoms with Crippen LogP contribution in [-0.4, -0.2) is 41.6 Å². The molecule has 2 aromatic rings. The first-order valence-corrected chi connectivity index (χ1v) is 10.3. The van der Waals surface area contributed by atoms with E-state index in [1.165, 1.54) is 6.42 Å². The minimum atomic E-state index is -0.737. The highest BCUT2D eigenvalue weighted by Gasteiger charge is 2.22. The van der Waals surface area contributed by atoms with Crippen molar-refractivity contribution in [2.24, 2.45) is 10.7 Å². The van der Waals surface area contributed by atoms with E-state index in [1.54, 1.807) is 0 Å². The van der Waals surface area contributed by atoms with Crippen molar-refractivity contribution in [2.75, 3.05) is 13.1 Å². The summed E-state index contributed by atoms with van der Waals surface area (Å²) >= 11 is 0. The zero-order chi connectivity index (χ0) is 20.6. The van der Waals surface area contributed by atoms with Crippen molar-refractivity contribution in [3.63, 3.8) is 0 Å². The van der Waals surface area contributed by atoms with Crippen LogP contribution in [0.25, 0.3) is 0 Å². The number of amides is 2. The van der Waals surface area contributed by atoms with E-state index in [4.69, 9.17) is 10.7 Å². The third-order valence-corrected chi connectivity index (χ3v) is 5.40. The summed E-state index contributed by atoms with van der Waals surface area (Å²) in [5.41, 5.74) is 9.37. The van der Waals surface area contributed by atoms with E-state index in [1.807, 2.05) is 66.4 Å². The summed E-state index contributed by atoms with van der Waals surface area (Å²) in [5.74, 6) is -0.415. The van der Waals surface area contributed by atoms with Crippen LogP contribution in [0.2, 0.25) is 0 Å². The van der Waals surface area contributed by atoms with Gasteiger partial charge in [-0.15, -0.1) is 0 Å². The summed E-state index contributed by atoms with van der Waals surface area (Å²) in [7, 11) is 0. The number of piperidine rings is 1. The fourth-order valence-corrected chi connectivity index (χ4v) is 3.72. The molecular formula is C24H29N3O2. The maximum absolute atomic E-state index is 12.5. The van der Waals surface area contributed by atoms with Crippen molar-refractivity contribution in [3.05, 3.63) is 71.3 Å². The van der Waals surface area contributed by atoms with Gasteiger partial charge in [-0.1, -0.05) is 54.6 Å². The molecular weight excluding hydrogens is 362 g/mol. The second kappa shape index (κ2) is 10.0. The smallest absolute Gasteiger partial charge is 0.242 e. The molecule has 1 fully saturated rings. The molecule has 0 aromatic heterocycles. The number of likely N-dealkylation sites (tertiary alicyclic amines) is 1. The van der Waals surface area contributed by atoms with Crippen LogP contribution in [0.15, 0.2) is 59.6 Å². The van der Waals surface area contributed by atoms with Gasteiger partial charge in [0.25, 0.3) is 0 Å². The fraction of sp³-hybridized carbons (Fsp3) is 0.375. The largest absolute Gasteiger partial charge is 0.368 e. The topological polar surface area (TPSA) is 75.8 Å². The van der Waals surface area contributed by atoms with Crippen LogP contribution in [-0.2, 0) is 9.59 Å². The molecule has 1 saturated heterocycles. The number of hydrogen-bond donors (Lipinski definition) is 1. The highest BCUT2D eigenvalue weighted by Crippen LogP contribution is 2.18. The Bertz CT molecular complexity index is 871. The lowest BCUT2D eigenvalue weighted by Crippen LogP contribution is -2.37. The Morgan fingerprint density at radius 1 is 1.00 bits per heavy atom. The first kappa shape index (κ1) is 20.8. The van der Waals surface area contributed by atoms with Crippen LogP contribution >= 0.6 is 0 Å². The van der Waals surface area contributed by atoms with Gasteiger partial charge in [0.15, 0.2) is 0 Å². The molecule has 1 aliphatic heterocycles. The van der Waals surface area contributed by atoms with E-state index in [-0.39, 0.29) is 12.3 Å². The molecule has 1 atom stereocenters. The second-order valence-electron chi connectivity index (χ2n) is 7.56. The molecule has 0 aliphatic carbocycles. The Balaban J connectivity index is 1.85. The number of nitrogens with two attached hydrogens (primary N) is 1. The molecule has 29 heavy (non-hydrogen) atoms. The molecule has 3 rings (SSSR count). The van der Waals surface area contributed by atoms with Gasteiger partial charge in [0.2, 0.25) is 11.8 Å². The summed E-state index contributed by atoms with van der Waals surface area (Å²) < 4.78 is 0. The van der Waals surface area contributed by atoms with Gasteiger partial charge >= 0.3 is 0 Å². The predicted molar refractivity (Wildman–Crippen MR) is 116 cm³/mol. The molecule has 0 spiro atoms. The first-order valence-electron chi connectivity index (χ1n) is 10.3. The predicted octanol–water partition coefficient (Wildman–Crippen LogP) is 3.48. The van der Waals surface area contributed by atoms with Gasteiger partial charge in [0.05, 0.1) is 5.71 Å². The Morgan fingerprint density at radius 2 is 1.66 bits per heavy atom. The van der Waals surface area contributed by atoms with Gasteiger partial charge in [0, 0.05) is 30.6 Å². The number of carbonyl (C=O) groups excluding carboxylic acids is 2. The Morgan fingerprint density at radius 3 is 2.31 bits per heavy atom. The third kappa shape index (κ3) is 5.53. The molecule has 2 amide bonds. The zero-order valence-corrected chi connectivity index (χ0v) is 17.0. The zero-order valence-electron chi connectivity index (χ0n) is 17.0. The van der Waals surface area contributed by atoms with Crippen LogP contribution in [0.1, 0.15) is 48.8 Å². The van der Waals surface area contributed by atoms with E-state index < -0.39 is 11.9 Å². The SMILES string of the molecule is Cc1ccccc1C(=NC(CCC(=O)N1CCCCC1)C(N)=O)c1ccccc1. The number of aliphatic imine (C=N–C) groups is 1. The summed E-state index contributed by atoms with van der Waals surface area (Å²) in [6.45, 7) is 3.64. The van der Waals surface area contributed by atoms with Crippen LogP contribution in [0.4, 0.5) is 0 Å². The van der Waals surface area contributed by atoms with E-state index >= 15 is 0 Å².